The van der Waals surface area contributed by atoms with Gasteiger partial charge in [-0.25, -0.2) is 0 Å². The number of imide groups is 1. The van der Waals surface area contributed by atoms with E-state index < -0.39 is 23.1 Å². The molecule has 0 bridgehead atoms. The van der Waals surface area contributed by atoms with Crippen LogP contribution in [0.4, 0.5) is 0 Å². The summed E-state index contributed by atoms with van der Waals surface area (Å²) < 4.78 is 12.8. The van der Waals surface area contributed by atoms with E-state index in [0.29, 0.717) is 22.6 Å². The molecule has 6 nitrogen and oxygen atoms in total. The second-order valence-electron chi connectivity index (χ2n) is 6.84. The van der Waals surface area contributed by atoms with Crippen LogP contribution in [0.25, 0.3) is 0 Å². The fourth-order valence-electron chi connectivity index (χ4n) is 3.56. The molecule has 2 aliphatic rings. The summed E-state index contributed by atoms with van der Waals surface area (Å²) in [6.45, 7) is 0.270. The average Bonchev–Trinajstić information content (AvgIpc) is 2.98. The number of nitrogens with one attached hydrogen (secondary N) is 1. The molecule has 27 heavy (non-hydrogen) atoms. The number of halogens is 1. The largest absolute Gasteiger partial charge is 0.611 e. The zero-order valence-corrected chi connectivity index (χ0v) is 17.4. The maximum absolute atomic E-state index is 12.8. The molecule has 0 aliphatic carbocycles. The van der Waals surface area contributed by atoms with Gasteiger partial charge in [-0.05, 0) is 49.0 Å². The quantitative estimate of drug-likeness (QED) is 0.282. The predicted molar refractivity (Wildman–Crippen MR) is 106 cm³/mol. The summed E-state index contributed by atoms with van der Waals surface area (Å²) in [5, 5.41) is 3.29. The average molecular weight is 455 g/mol. The van der Waals surface area contributed by atoms with Crippen molar-refractivity contribution in [3.05, 3.63) is 29.3 Å². The van der Waals surface area contributed by atoms with Crippen LogP contribution < -0.4 is 5.32 Å². The maximum atomic E-state index is 12.8. The van der Waals surface area contributed by atoms with Crippen molar-refractivity contribution in [3.63, 3.8) is 0 Å². The highest BCUT2D eigenvalue weighted by molar-refractivity contribution is 9.09. The number of carbonyl (C=O) groups excluding carboxylic acids is 3. The van der Waals surface area contributed by atoms with Gasteiger partial charge in [0, 0.05) is 22.9 Å². The van der Waals surface area contributed by atoms with Crippen LogP contribution in [0.5, 0.6) is 0 Å². The zero-order valence-electron chi connectivity index (χ0n) is 15.0. The molecule has 3 rings (SSSR count). The number of carbonyl (C=O) groups is 3. The number of amides is 3. The summed E-state index contributed by atoms with van der Waals surface area (Å²) in [6.07, 6.45) is 4.70. The monoisotopic (exact) mass is 454 g/mol. The Labute approximate surface area is 170 Å². The number of alkyl halides is 1. The molecule has 1 N–H and O–H groups in total. The third kappa shape index (κ3) is 4.55. The molecule has 1 aromatic rings. The first-order valence-electron chi connectivity index (χ1n) is 9.24. The lowest BCUT2D eigenvalue weighted by atomic mass is 10.0. The van der Waals surface area contributed by atoms with E-state index in [1.165, 1.54) is 4.90 Å². The summed E-state index contributed by atoms with van der Waals surface area (Å²) in [6, 6.07) is 4.64. The number of nitrogens with zero attached hydrogens (tertiary/aromatic N) is 1. The number of piperidine rings is 1. The van der Waals surface area contributed by atoms with Crippen LogP contribution in [0.3, 0.4) is 0 Å². The number of fused-ring (bicyclic) bond motifs is 1. The number of benzene rings is 1. The molecule has 2 unspecified atom stereocenters. The molecule has 1 fully saturated rings. The second kappa shape index (κ2) is 9.21. The van der Waals surface area contributed by atoms with Crippen LogP contribution in [0.15, 0.2) is 23.1 Å². The molecule has 0 saturated carbocycles. The van der Waals surface area contributed by atoms with Crippen molar-refractivity contribution < 1.29 is 18.9 Å². The molecule has 1 aromatic carbocycles. The Bertz CT molecular complexity index is 742. The molecule has 146 valence electrons. The minimum absolute atomic E-state index is 0.226. The maximum Gasteiger partial charge on any atom is 0.255 e. The molecular weight excluding hydrogens is 432 g/mol. The molecule has 2 heterocycles. The minimum Gasteiger partial charge on any atom is -0.611 e. The fourth-order valence-corrected chi connectivity index (χ4v) is 5.32. The summed E-state index contributed by atoms with van der Waals surface area (Å²) in [4.78, 5) is 38.5. The molecule has 2 atom stereocenters. The van der Waals surface area contributed by atoms with Crippen LogP contribution in [0, 0.1) is 0 Å². The zero-order chi connectivity index (χ0) is 19.4. The molecular formula is C19H23BrN2O4S. The van der Waals surface area contributed by atoms with Crippen molar-refractivity contribution in [2.24, 2.45) is 0 Å². The topological polar surface area (TPSA) is 89.5 Å². The van der Waals surface area contributed by atoms with Gasteiger partial charge in [-0.3, -0.25) is 19.7 Å². The van der Waals surface area contributed by atoms with Gasteiger partial charge in [0.1, 0.15) is 11.8 Å². The first-order valence-corrected chi connectivity index (χ1v) is 11.7. The first kappa shape index (κ1) is 20.4. The SMILES string of the molecule is O=C1CCC(N2Cc3c(cccc3[S+]([O-])CCCCCCBr)C2=O)C(=O)N1. The van der Waals surface area contributed by atoms with Crippen molar-refractivity contribution >= 4 is 44.8 Å². The van der Waals surface area contributed by atoms with Crippen molar-refractivity contribution in [2.45, 2.75) is 56.0 Å². The standard InChI is InChI=1S/C19H23BrN2O4S/c20-10-3-1-2-4-11-27(26)16-7-5-6-13-14(16)12-22(19(13)25)15-8-9-17(23)21-18(15)24/h5-7,15H,1-4,8-12H2,(H,21,23,24). The third-order valence-corrected chi connectivity index (χ3v) is 7.09. The van der Waals surface area contributed by atoms with Gasteiger partial charge in [0.05, 0.1) is 6.54 Å². The molecule has 0 spiro atoms. The number of hydrogen-bond acceptors (Lipinski definition) is 4. The van der Waals surface area contributed by atoms with E-state index in [2.05, 4.69) is 21.2 Å². The molecule has 8 heteroatoms. The molecule has 1 saturated heterocycles. The highest BCUT2D eigenvalue weighted by Crippen LogP contribution is 2.32. The lowest BCUT2D eigenvalue weighted by Crippen LogP contribution is -2.52. The smallest absolute Gasteiger partial charge is 0.255 e. The lowest BCUT2D eigenvalue weighted by molar-refractivity contribution is -0.136. The van der Waals surface area contributed by atoms with E-state index in [0.717, 1.165) is 36.6 Å². The van der Waals surface area contributed by atoms with Crippen LogP contribution in [-0.4, -0.2) is 44.3 Å². The molecule has 2 aliphatic heterocycles. The molecule has 3 amide bonds. The Balaban J connectivity index is 1.70. The molecule has 0 aromatic heterocycles. The van der Waals surface area contributed by atoms with Gasteiger partial charge in [-0.1, -0.05) is 28.4 Å². The Morgan fingerprint density at radius 1 is 1.19 bits per heavy atom. The van der Waals surface area contributed by atoms with Gasteiger partial charge in [0.25, 0.3) is 5.91 Å². The highest BCUT2D eigenvalue weighted by Gasteiger charge is 2.41. The highest BCUT2D eigenvalue weighted by atomic mass is 79.9. The Morgan fingerprint density at radius 3 is 2.70 bits per heavy atom. The number of unbranched alkanes of at least 4 members (excludes halogenated alkanes) is 3. The van der Waals surface area contributed by atoms with Gasteiger partial charge in [-0.15, -0.1) is 0 Å². The minimum atomic E-state index is -1.17. The van der Waals surface area contributed by atoms with Crippen LogP contribution in [-0.2, 0) is 27.3 Å². The number of hydrogen-bond donors (Lipinski definition) is 1. The van der Waals surface area contributed by atoms with Gasteiger partial charge in [0.15, 0.2) is 4.90 Å². The van der Waals surface area contributed by atoms with Crippen LogP contribution in [0.2, 0.25) is 0 Å². The first-order chi connectivity index (χ1) is 13.0. The van der Waals surface area contributed by atoms with Gasteiger partial charge >= 0.3 is 0 Å². The van der Waals surface area contributed by atoms with Gasteiger partial charge in [-0.2, -0.15) is 0 Å². The summed E-state index contributed by atoms with van der Waals surface area (Å²) in [5.74, 6) is -0.384. The van der Waals surface area contributed by atoms with Crippen molar-refractivity contribution in [1.82, 2.24) is 10.2 Å². The van der Waals surface area contributed by atoms with Crippen LogP contribution in [0.1, 0.15) is 54.4 Å². The third-order valence-electron chi connectivity index (χ3n) is 5.00. The lowest BCUT2D eigenvalue weighted by Gasteiger charge is -2.29. The Kier molecular flexibility index (Phi) is 6.94. The van der Waals surface area contributed by atoms with E-state index in [-0.39, 0.29) is 24.8 Å². The summed E-state index contributed by atoms with van der Waals surface area (Å²) >= 11 is 2.24. The van der Waals surface area contributed by atoms with Gasteiger partial charge in [0.2, 0.25) is 11.8 Å². The Morgan fingerprint density at radius 2 is 1.96 bits per heavy atom. The van der Waals surface area contributed by atoms with E-state index >= 15 is 0 Å². The Hall–Kier alpha value is -1.38. The normalized spacial score (nSPS) is 20.6. The fraction of sp³-hybridized carbons (Fsp3) is 0.526. The van der Waals surface area contributed by atoms with Gasteiger partial charge < -0.3 is 9.45 Å². The van der Waals surface area contributed by atoms with Crippen LogP contribution >= 0.6 is 15.9 Å². The number of rotatable bonds is 8. The predicted octanol–water partition coefficient (Wildman–Crippen LogP) is 2.51. The molecule has 0 radical (unpaired) electrons. The summed E-state index contributed by atoms with van der Waals surface area (Å²) in [5.41, 5.74) is 1.27. The van der Waals surface area contributed by atoms with E-state index in [1.54, 1.807) is 12.1 Å². The van der Waals surface area contributed by atoms with Crippen molar-refractivity contribution in [3.8, 4) is 0 Å². The van der Waals surface area contributed by atoms with Crippen molar-refractivity contribution in [1.29, 1.82) is 0 Å². The van der Waals surface area contributed by atoms with E-state index in [4.69, 9.17) is 0 Å². The summed E-state index contributed by atoms with van der Waals surface area (Å²) in [7, 11) is 0. The second-order valence-corrected chi connectivity index (χ2v) is 9.17. The van der Waals surface area contributed by atoms with E-state index in [9.17, 15) is 18.9 Å². The van der Waals surface area contributed by atoms with E-state index in [1.807, 2.05) is 6.07 Å². The van der Waals surface area contributed by atoms with Crippen molar-refractivity contribution in [2.75, 3.05) is 11.1 Å².